The Balaban J connectivity index is 1.78. The average molecular weight is 304 g/mol. The van der Waals surface area contributed by atoms with Crippen LogP contribution >= 0.6 is 11.6 Å². The van der Waals surface area contributed by atoms with Crippen LogP contribution in [0.2, 0.25) is 5.02 Å². The van der Waals surface area contributed by atoms with Gasteiger partial charge in [0, 0.05) is 5.56 Å². The lowest BCUT2D eigenvalue weighted by molar-refractivity contribution is 0.0939. The number of amides is 1. The molecule has 2 aromatic carbocycles. The maximum absolute atomic E-state index is 12.3. The van der Waals surface area contributed by atoms with Crippen LogP contribution in [-0.2, 0) is 0 Å². The second-order valence-corrected chi connectivity index (χ2v) is 5.20. The normalized spacial score (nSPS) is 13.8. The molecule has 0 spiro atoms. The molecule has 1 aliphatic rings. The highest BCUT2D eigenvalue weighted by Crippen LogP contribution is 2.39. The molecule has 0 bridgehead atoms. The minimum absolute atomic E-state index is 0.0945. The van der Waals surface area contributed by atoms with E-state index in [0.717, 1.165) is 5.56 Å². The van der Waals surface area contributed by atoms with Gasteiger partial charge in [0.2, 0.25) is 6.79 Å². The summed E-state index contributed by atoms with van der Waals surface area (Å²) in [5, 5.41) is 3.31. The van der Waals surface area contributed by atoms with Crippen molar-refractivity contribution in [2.24, 2.45) is 0 Å². The Morgan fingerprint density at radius 2 is 2.00 bits per heavy atom. The van der Waals surface area contributed by atoms with Gasteiger partial charge in [-0.3, -0.25) is 4.79 Å². The zero-order chi connectivity index (χ0) is 14.8. The standard InChI is InChI=1S/C16H14ClNO3/c1-10(11-5-3-2-4-6-11)18-16(19)12-7-13(17)15-14(8-12)20-9-21-15/h2-8,10H,9H2,1H3,(H,18,19)/t10-/m1/s1. The summed E-state index contributed by atoms with van der Waals surface area (Å²) in [6.07, 6.45) is 0. The highest BCUT2D eigenvalue weighted by atomic mass is 35.5. The summed E-state index contributed by atoms with van der Waals surface area (Å²) in [7, 11) is 0. The molecule has 0 fully saturated rings. The van der Waals surface area contributed by atoms with Gasteiger partial charge in [-0.2, -0.15) is 0 Å². The quantitative estimate of drug-likeness (QED) is 0.943. The molecule has 2 aromatic rings. The van der Waals surface area contributed by atoms with E-state index in [1.54, 1.807) is 12.1 Å². The van der Waals surface area contributed by atoms with Crippen LogP contribution in [0, 0.1) is 0 Å². The fraction of sp³-hybridized carbons (Fsp3) is 0.188. The number of fused-ring (bicyclic) bond motifs is 1. The molecule has 1 heterocycles. The van der Waals surface area contributed by atoms with E-state index in [2.05, 4.69) is 5.32 Å². The molecule has 0 aliphatic carbocycles. The Hall–Kier alpha value is -2.20. The number of hydrogen-bond acceptors (Lipinski definition) is 3. The van der Waals surface area contributed by atoms with Crippen LogP contribution in [0.3, 0.4) is 0 Å². The van der Waals surface area contributed by atoms with Crippen LogP contribution in [0.4, 0.5) is 0 Å². The van der Waals surface area contributed by atoms with Crippen molar-refractivity contribution in [1.82, 2.24) is 5.32 Å². The zero-order valence-corrected chi connectivity index (χ0v) is 12.2. The molecule has 0 saturated heterocycles. The predicted octanol–water partition coefficient (Wildman–Crippen LogP) is 3.56. The third-order valence-electron chi connectivity index (χ3n) is 3.34. The molecule has 5 heteroatoms. The maximum atomic E-state index is 12.3. The van der Waals surface area contributed by atoms with Gasteiger partial charge in [0.1, 0.15) is 0 Å². The molecule has 0 aromatic heterocycles. The summed E-state index contributed by atoms with van der Waals surface area (Å²) >= 11 is 6.09. The summed E-state index contributed by atoms with van der Waals surface area (Å²) in [6, 6.07) is 12.9. The van der Waals surface area contributed by atoms with Crippen LogP contribution in [0.5, 0.6) is 11.5 Å². The van der Waals surface area contributed by atoms with Gasteiger partial charge in [0.15, 0.2) is 11.5 Å². The van der Waals surface area contributed by atoms with Crippen LogP contribution in [-0.4, -0.2) is 12.7 Å². The van der Waals surface area contributed by atoms with Gasteiger partial charge in [0.25, 0.3) is 5.91 Å². The first-order valence-corrected chi connectivity index (χ1v) is 6.98. The molecule has 1 N–H and O–H groups in total. The number of nitrogens with one attached hydrogen (secondary N) is 1. The van der Waals surface area contributed by atoms with Gasteiger partial charge < -0.3 is 14.8 Å². The first-order valence-electron chi connectivity index (χ1n) is 6.60. The molecule has 1 aliphatic heterocycles. The lowest BCUT2D eigenvalue weighted by atomic mass is 10.1. The second-order valence-electron chi connectivity index (χ2n) is 4.80. The molecule has 1 atom stereocenters. The highest BCUT2D eigenvalue weighted by molar-refractivity contribution is 6.32. The fourth-order valence-electron chi connectivity index (χ4n) is 2.20. The van der Waals surface area contributed by atoms with Crippen molar-refractivity contribution in [3.05, 3.63) is 58.6 Å². The number of halogens is 1. The first-order chi connectivity index (χ1) is 10.1. The van der Waals surface area contributed by atoms with E-state index in [9.17, 15) is 4.79 Å². The number of rotatable bonds is 3. The average Bonchev–Trinajstić information content (AvgIpc) is 2.97. The Bertz CT molecular complexity index is 673. The zero-order valence-electron chi connectivity index (χ0n) is 11.4. The van der Waals surface area contributed by atoms with E-state index in [-0.39, 0.29) is 18.7 Å². The Morgan fingerprint density at radius 3 is 2.76 bits per heavy atom. The van der Waals surface area contributed by atoms with Gasteiger partial charge in [0.05, 0.1) is 11.1 Å². The molecule has 4 nitrogen and oxygen atoms in total. The lowest BCUT2D eigenvalue weighted by Crippen LogP contribution is -2.26. The third-order valence-corrected chi connectivity index (χ3v) is 3.62. The van der Waals surface area contributed by atoms with Crippen LogP contribution in [0.1, 0.15) is 28.9 Å². The van der Waals surface area contributed by atoms with Crippen molar-refractivity contribution in [3.63, 3.8) is 0 Å². The van der Waals surface area contributed by atoms with Gasteiger partial charge in [-0.15, -0.1) is 0 Å². The molecule has 1 amide bonds. The van der Waals surface area contributed by atoms with E-state index < -0.39 is 0 Å². The van der Waals surface area contributed by atoms with E-state index in [1.807, 2.05) is 37.3 Å². The fourth-order valence-corrected chi connectivity index (χ4v) is 2.47. The van der Waals surface area contributed by atoms with Crippen molar-refractivity contribution in [2.75, 3.05) is 6.79 Å². The van der Waals surface area contributed by atoms with Crippen molar-refractivity contribution in [1.29, 1.82) is 0 Å². The van der Waals surface area contributed by atoms with Crippen molar-refractivity contribution in [3.8, 4) is 11.5 Å². The van der Waals surface area contributed by atoms with Gasteiger partial charge in [-0.25, -0.2) is 0 Å². The summed E-state index contributed by atoms with van der Waals surface area (Å²) in [5.74, 6) is 0.788. The molecular weight excluding hydrogens is 290 g/mol. The summed E-state index contributed by atoms with van der Waals surface area (Å²) in [4.78, 5) is 12.3. The topological polar surface area (TPSA) is 47.6 Å². The van der Waals surface area contributed by atoms with E-state index in [0.29, 0.717) is 22.1 Å². The minimum Gasteiger partial charge on any atom is -0.454 e. The van der Waals surface area contributed by atoms with E-state index in [4.69, 9.17) is 21.1 Å². The first kappa shape index (κ1) is 13.8. The smallest absolute Gasteiger partial charge is 0.251 e. The molecule has 0 radical (unpaired) electrons. The minimum atomic E-state index is -0.202. The second kappa shape index (κ2) is 5.66. The highest BCUT2D eigenvalue weighted by Gasteiger charge is 2.21. The summed E-state index contributed by atoms with van der Waals surface area (Å²) < 4.78 is 10.5. The third kappa shape index (κ3) is 2.81. The maximum Gasteiger partial charge on any atom is 0.251 e. The molecule has 3 rings (SSSR count). The number of hydrogen-bond donors (Lipinski definition) is 1. The van der Waals surface area contributed by atoms with E-state index >= 15 is 0 Å². The Labute approximate surface area is 127 Å². The molecule has 21 heavy (non-hydrogen) atoms. The van der Waals surface area contributed by atoms with E-state index in [1.165, 1.54) is 0 Å². The lowest BCUT2D eigenvalue weighted by Gasteiger charge is -2.14. The van der Waals surface area contributed by atoms with Crippen molar-refractivity contribution < 1.29 is 14.3 Å². The van der Waals surface area contributed by atoms with Crippen molar-refractivity contribution in [2.45, 2.75) is 13.0 Å². The van der Waals surface area contributed by atoms with Gasteiger partial charge in [-0.1, -0.05) is 41.9 Å². The summed E-state index contributed by atoms with van der Waals surface area (Å²) in [6.45, 7) is 2.06. The largest absolute Gasteiger partial charge is 0.454 e. The van der Waals surface area contributed by atoms with Crippen LogP contribution in [0.25, 0.3) is 0 Å². The molecule has 108 valence electrons. The SMILES string of the molecule is C[C@@H](NC(=O)c1cc(Cl)c2c(c1)OCO2)c1ccccc1. The number of ether oxygens (including phenoxy) is 2. The molecular formula is C16H14ClNO3. The van der Waals surface area contributed by atoms with Crippen molar-refractivity contribution >= 4 is 17.5 Å². The molecule has 0 unspecified atom stereocenters. The monoisotopic (exact) mass is 303 g/mol. The Morgan fingerprint density at radius 1 is 1.24 bits per heavy atom. The number of benzene rings is 2. The van der Waals surface area contributed by atoms with Gasteiger partial charge in [-0.05, 0) is 24.6 Å². The number of carbonyl (C=O) groups is 1. The van der Waals surface area contributed by atoms with Crippen LogP contribution < -0.4 is 14.8 Å². The molecule has 0 saturated carbocycles. The Kier molecular flexibility index (Phi) is 3.71. The number of carbonyl (C=O) groups excluding carboxylic acids is 1. The van der Waals surface area contributed by atoms with Gasteiger partial charge >= 0.3 is 0 Å². The summed E-state index contributed by atoms with van der Waals surface area (Å²) in [5.41, 5.74) is 1.49. The van der Waals surface area contributed by atoms with Crippen LogP contribution in [0.15, 0.2) is 42.5 Å². The predicted molar refractivity (Wildman–Crippen MR) is 79.9 cm³/mol.